The maximum atomic E-state index is 5.98. The molecule has 2 heteroatoms. The molecule has 0 aromatic carbocycles. The van der Waals surface area contributed by atoms with Crippen LogP contribution in [-0.2, 0) is 4.74 Å². The lowest BCUT2D eigenvalue weighted by Gasteiger charge is -2.18. The Morgan fingerprint density at radius 2 is 1.67 bits per heavy atom. The molecule has 1 unspecified atom stereocenters. The van der Waals surface area contributed by atoms with Gasteiger partial charge < -0.3 is 10.1 Å². The molecule has 108 valence electrons. The summed E-state index contributed by atoms with van der Waals surface area (Å²) in [7, 11) is 0. The number of ether oxygens (including phenoxy) is 1. The first-order valence-electron chi connectivity index (χ1n) is 8.03. The van der Waals surface area contributed by atoms with Crippen molar-refractivity contribution in [3.8, 4) is 0 Å². The Morgan fingerprint density at radius 1 is 1.00 bits per heavy atom. The summed E-state index contributed by atoms with van der Waals surface area (Å²) in [4.78, 5) is 0. The van der Waals surface area contributed by atoms with Crippen molar-refractivity contribution in [1.82, 2.24) is 5.32 Å². The predicted molar refractivity (Wildman–Crippen MR) is 79.0 cm³/mol. The Labute approximate surface area is 114 Å². The van der Waals surface area contributed by atoms with E-state index in [0.29, 0.717) is 12.1 Å². The standard InChI is InChI=1S/C16H33NO/c1-14(2)10-11-15(3)17-12-13-18-16-8-6-4-5-7-9-16/h14-17H,4-13H2,1-3H3. The summed E-state index contributed by atoms with van der Waals surface area (Å²) < 4.78 is 5.98. The lowest BCUT2D eigenvalue weighted by molar-refractivity contribution is 0.0441. The van der Waals surface area contributed by atoms with E-state index < -0.39 is 0 Å². The lowest BCUT2D eigenvalue weighted by atomic mass is 10.0. The maximum absolute atomic E-state index is 5.98. The highest BCUT2D eigenvalue weighted by Crippen LogP contribution is 2.19. The van der Waals surface area contributed by atoms with Crippen LogP contribution < -0.4 is 5.32 Å². The second-order valence-electron chi connectivity index (χ2n) is 6.31. The average molecular weight is 255 g/mol. The van der Waals surface area contributed by atoms with Crippen molar-refractivity contribution in [1.29, 1.82) is 0 Å². The Hall–Kier alpha value is -0.0800. The normalized spacial score (nSPS) is 20.0. The predicted octanol–water partition coefficient (Wildman–Crippen LogP) is 4.14. The maximum Gasteiger partial charge on any atom is 0.0594 e. The summed E-state index contributed by atoms with van der Waals surface area (Å²) in [5.74, 6) is 0.816. The van der Waals surface area contributed by atoms with Crippen molar-refractivity contribution < 1.29 is 4.74 Å². The number of nitrogens with one attached hydrogen (secondary N) is 1. The van der Waals surface area contributed by atoms with Crippen LogP contribution in [0.2, 0.25) is 0 Å². The molecule has 1 fully saturated rings. The summed E-state index contributed by atoms with van der Waals surface area (Å²) in [6, 6.07) is 0.630. The van der Waals surface area contributed by atoms with E-state index in [1.165, 1.54) is 51.4 Å². The van der Waals surface area contributed by atoms with Crippen LogP contribution in [-0.4, -0.2) is 25.3 Å². The van der Waals surface area contributed by atoms with Gasteiger partial charge in [0, 0.05) is 12.6 Å². The smallest absolute Gasteiger partial charge is 0.0594 e. The van der Waals surface area contributed by atoms with Crippen LogP contribution in [0.15, 0.2) is 0 Å². The Balaban J connectivity index is 1.96. The summed E-state index contributed by atoms with van der Waals surface area (Å²) >= 11 is 0. The van der Waals surface area contributed by atoms with E-state index in [0.717, 1.165) is 19.1 Å². The fourth-order valence-electron chi connectivity index (χ4n) is 2.62. The van der Waals surface area contributed by atoms with Crippen molar-refractivity contribution in [2.45, 2.75) is 84.3 Å². The first-order chi connectivity index (χ1) is 8.68. The van der Waals surface area contributed by atoms with Gasteiger partial charge in [0.15, 0.2) is 0 Å². The molecule has 2 nitrogen and oxygen atoms in total. The SMILES string of the molecule is CC(C)CCC(C)NCCOC1CCCCCC1. The van der Waals surface area contributed by atoms with Gasteiger partial charge in [0.25, 0.3) is 0 Å². The van der Waals surface area contributed by atoms with Crippen LogP contribution in [0.25, 0.3) is 0 Å². The zero-order valence-electron chi connectivity index (χ0n) is 12.7. The molecule has 1 atom stereocenters. The molecule has 1 saturated carbocycles. The third kappa shape index (κ3) is 8.10. The molecule has 0 radical (unpaired) electrons. The quantitative estimate of drug-likeness (QED) is 0.520. The molecule has 1 N–H and O–H groups in total. The van der Waals surface area contributed by atoms with Gasteiger partial charge in [0.2, 0.25) is 0 Å². The van der Waals surface area contributed by atoms with Crippen LogP contribution in [0, 0.1) is 5.92 Å². The minimum atomic E-state index is 0.542. The fraction of sp³-hybridized carbons (Fsp3) is 1.00. The van der Waals surface area contributed by atoms with Crippen LogP contribution in [0.4, 0.5) is 0 Å². The molecule has 0 aromatic rings. The molecule has 0 aliphatic heterocycles. The van der Waals surface area contributed by atoms with Gasteiger partial charge in [-0.25, -0.2) is 0 Å². The van der Waals surface area contributed by atoms with Gasteiger partial charge in [-0.3, -0.25) is 0 Å². The van der Waals surface area contributed by atoms with Crippen molar-refractivity contribution in [2.75, 3.05) is 13.2 Å². The van der Waals surface area contributed by atoms with Crippen molar-refractivity contribution >= 4 is 0 Å². The highest BCUT2D eigenvalue weighted by molar-refractivity contribution is 4.65. The van der Waals surface area contributed by atoms with Gasteiger partial charge in [0.1, 0.15) is 0 Å². The van der Waals surface area contributed by atoms with Crippen LogP contribution in [0.5, 0.6) is 0 Å². The van der Waals surface area contributed by atoms with E-state index in [2.05, 4.69) is 26.1 Å². The van der Waals surface area contributed by atoms with Gasteiger partial charge in [-0.15, -0.1) is 0 Å². The first-order valence-corrected chi connectivity index (χ1v) is 8.03. The topological polar surface area (TPSA) is 21.3 Å². The van der Waals surface area contributed by atoms with E-state index in [9.17, 15) is 0 Å². The van der Waals surface area contributed by atoms with Gasteiger partial charge >= 0.3 is 0 Å². The van der Waals surface area contributed by atoms with Crippen molar-refractivity contribution in [3.63, 3.8) is 0 Å². The minimum Gasteiger partial charge on any atom is -0.377 e. The number of hydrogen-bond donors (Lipinski definition) is 1. The van der Waals surface area contributed by atoms with Crippen LogP contribution >= 0.6 is 0 Å². The molecular formula is C16H33NO. The highest BCUT2D eigenvalue weighted by atomic mass is 16.5. The van der Waals surface area contributed by atoms with E-state index in [1.807, 2.05) is 0 Å². The van der Waals surface area contributed by atoms with Crippen molar-refractivity contribution in [2.24, 2.45) is 5.92 Å². The van der Waals surface area contributed by atoms with E-state index in [4.69, 9.17) is 4.74 Å². The molecular weight excluding hydrogens is 222 g/mol. The Bertz CT molecular complexity index is 186. The van der Waals surface area contributed by atoms with Crippen LogP contribution in [0.1, 0.15) is 72.1 Å². The summed E-state index contributed by atoms with van der Waals surface area (Å²) in [6.45, 7) is 8.77. The van der Waals surface area contributed by atoms with Crippen molar-refractivity contribution in [3.05, 3.63) is 0 Å². The fourth-order valence-corrected chi connectivity index (χ4v) is 2.62. The minimum absolute atomic E-state index is 0.542. The number of rotatable bonds is 8. The molecule has 0 heterocycles. The Morgan fingerprint density at radius 3 is 2.28 bits per heavy atom. The average Bonchev–Trinajstić information content (AvgIpc) is 2.60. The number of hydrogen-bond acceptors (Lipinski definition) is 2. The molecule has 0 spiro atoms. The lowest BCUT2D eigenvalue weighted by Crippen LogP contribution is -2.30. The van der Waals surface area contributed by atoms with Crippen LogP contribution in [0.3, 0.4) is 0 Å². The van der Waals surface area contributed by atoms with E-state index in [1.54, 1.807) is 0 Å². The summed E-state index contributed by atoms with van der Waals surface area (Å²) in [5, 5.41) is 3.57. The summed E-state index contributed by atoms with van der Waals surface area (Å²) in [6.07, 6.45) is 11.2. The van der Waals surface area contributed by atoms with E-state index >= 15 is 0 Å². The molecule has 1 rings (SSSR count). The van der Waals surface area contributed by atoms with Gasteiger partial charge in [0.05, 0.1) is 12.7 Å². The largest absolute Gasteiger partial charge is 0.377 e. The molecule has 1 aliphatic rings. The first kappa shape index (κ1) is 16.0. The van der Waals surface area contributed by atoms with Gasteiger partial charge in [-0.1, -0.05) is 39.5 Å². The second kappa shape index (κ2) is 9.80. The van der Waals surface area contributed by atoms with Gasteiger partial charge in [-0.05, 0) is 38.5 Å². The zero-order valence-corrected chi connectivity index (χ0v) is 12.7. The molecule has 18 heavy (non-hydrogen) atoms. The second-order valence-corrected chi connectivity index (χ2v) is 6.31. The summed E-state index contributed by atoms with van der Waals surface area (Å²) in [5.41, 5.74) is 0. The molecule has 0 saturated heterocycles. The third-order valence-electron chi connectivity index (χ3n) is 3.93. The molecule has 0 amide bonds. The monoisotopic (exact) mass is 255 g/mol. The van der Waals surface area contributed by atoms with Gasteiger partial charge in [-0.2, -0.15) is 0 Å². The zero-order chi connectivity index (χ0) is 13.2. The molecule has 0 bridgehead atoms. The highest BCUT2D eigenvalue weighted by Gasteiger charge is 2.12. The third-order valence-corrected chi connectivity index (χ3v) is 3.93. The molecule has 1 aliphatic carbocycles. The molecule has 0 aromatic heterocycles. The Kier molecular flexibility index (Phi) is 8.70. The van der Waals surface area contributed by atoms with E-state index in [-0.39, 0.29) is 0 Å².